The Kier molecular flexibility index (Phi) is 4.51. The third-order valence-corrected chi connectivity index (χ3v) is 2.86. The second kappa shape index (κ2) is 6.18. The molecule has 0 bridgehead atoms. The van der Waals surface area contributed by atoms with E-state index in [4.69, 9.17) is 10.3 Å². The van der Waals surface area contributed by atoms with Gasteiger partial charge in [0.2, 0.25) is 5.91 Å². The fraction of sp³-hybridized carbons (Fsp3) is 0.286. The van der Waals surface area contributed by atoms with Crippen molar-refractivity contribution in [2.75, 3.05) is 5.32 Å². The summed E-state index contributed by atoms with van der Waals surface area (Å²) in [5.41, 5.74) is 5.25. The molecule has 2 rings (SSSR count). The molecule has 2 aromatic rings. The van der Waals surface area contributed by atoms with E-state index in [1.54, 1.807) is 13.0 Å². The average molecular weight is 313 g/mol. The molecule has 0 spiro atoms. The number of nitrogens with two attached hydrogens (primary N) is 1. The minimum Gasteiger partial charge on any atom is -0.361 e. The van der Waals surface area contributed by atoms with E-state index in [0.29, 0.717) is 11.5 Å². The zero-order valence-corrected chi connectivity index (χ0v) is 11.7. The number of rotatable bonds is 4. The fourth-order valence-corrected chi connectivity index (χ4v) is 1.92. The molecule has 0 saturated carbocycles. The molecule has 0 saturated heterocycles. The van der Waals surface area contributed by atoms with Crippen LogP contribution in [0.5, 0.6) is 0 Å². The molecule has 8 heteroatoms. The quantitative estimate of drug-likeness (QED) is 0.909. The molecule has 1 amide bonds. The number of hydrogen-bond acceptors (Lipinski definition) is 4. The lowest BCUT2D eigenvalue weighted by atomic mass is 10.1. The number of carbonyl (C=O) groups is 1. The highest BCUT2D eigenvalue weighted by atomic mass is 19.4. The number of nitrogens with one attached hydrogen (secondary N) is 1. The van der Waals surface area contributed by atoms with Crippen molar-refractivity contribution in [3.63, 3.8) is 0 Å². The van der Waals surface area contributed by atoms with Gasteiger partial charge in [-0.1, -0.05) is 5.16 Å². The predicted molar refractivity (Wildman–Crippen MR) is 72.9 cm³/mol. The minimum absolute atomic E-state index is 0.0421. The van der Waals surface area contributed by atoms with E-state index >= 15 is 0 Å². The number of aryl methyl sites for hydroxylation is 1. The van der Waals surface area contributed by atoms with Crippen LogP contribution in [-0.2, 0) is 23.9 Å². The second-order valence-electron chi connectivity index (χ2n) is 4.77. The third kappa shape index (κ3) is 4.08. The van der Waals surface area contributed by atoms with Gasteiger partial charge in [0.25, 0.3) is 0 Å². The number of anilines is 1. The van der Waals surface area contributed by atoms with Gasteiger partial charge < -0.3 is 15.6 Å². The Bertz CT molecular complexity index is 680. The topological polar surface area (TPSA) is 81.2 Å². The van der Waals surface area contributed by atoms with E-state index in [9.17, 15) is 18.0 Å². The molecule has 3 N–H and O–H groups in total. The van der Waals surface area contributed by atoms with Crippen LogP contribution in [-0.4, -0.2) is 11.1 Å². The Balaban J connectivity index is 2.16. The first kappa shape index (κ1) is 16.0. The maximum Gasteiger partial charge on any atom is 0.416 e. The molecule has 1 heterocycles. The summed E-state index contributed by atoms with van der Waals surface area (Å²) in [6.07, 6.45) is -4.60. The van der Waals surface area contributed by atoms with Crippen LogP contribution >= 0.6 is 0 Å². The Labute approximate surface area is 124 Å². The van der Waals surface area contributed by atoms with E-state index in [-0.39, 0.29) is 24.2 Å². The van der Waals surface area contributed by atoms with Crippen LogP contribution in [0.4, 0.5) is 18.9 Å². The summed E-state index contributed by atoms with van der Waals surface area (Å²) >= 11 is 0. The van der Waals surface area contributed by atoms with Gasteiger partial charge in [0, 0.05) is 18.3 Å². The number of alkyl halides is 3. The normalized spacial score (nSPS) is 11.5. The molecule has 1 aromatic carbocycles. The highest BCUT2D eigenvalue weighted by Gasteiger charge is 2.31. The highest BCUT2D eigenvalue weighted by Crippen LogP contribution is 2.32. The minimum atomic E-state index is -4.51. The zero-order valence-electron chi connectivity index (χ0n) is 11.7. The number of carbonyl (C=O) groups excluding carboxylic acids is 1. The first-order valence-electron chi connectivity index (χ1n) is 6.41. The largest absolute Gasteiger partial charge is 0.416 e. The van der Waals surface area contributed by atoms with E-state index < -0.39 is 17.6 Å². The maximum atomic E-state index is 12.8. The van der Waals surface area contributed by atoms with Gasteiger partial charge >= 0.3 is 6.18 Å². The molecular formula is C14H14F3N3O2. The molecule has 22 heavy (non-hydrogen) atoms. The molecule has 0 unspecified atom stereocenters. The molecule has 1 aromatic heterocycles. The van der Waals surface area contributed by atoms with E-state index in [1.807, 2.05) is 0 Å². The summed E-state index contributed by atoms with van der Waals surface area (Å²) in [5, 5.41) is 6.06. The summed E-state index contributed by atoms with van der Waals surface area (Å²) in [6.45, 7) is 1.62. The second-order valence-corrected chi connectivity index (χ2v) is 4.77. The van der Waals surface area contributed by atoms with Gasteiger partial charge in [-0.25, -0.2) is 0 Å². The predicted octanol–water partition coefficient (Wildman–Crippen LogP) is 2.64. The molecule has 5 nitrogen and oxygen atoms in total. The maximum absolute atomic E-state index is 12.8. The average Bonchev–Trinajstić information content (AvgIpc) is 2.82. The van der Waals surface area contributed by atoms with Crippen molar-refractivity contribution >= 4 is 11.6 Å². The lowest BCUT2D eigenvalue weighted by Crippen LogP contribution is -2.16. The SMILES string of the molecule is Cc1cc(CC(=O)Nc2cc(CN)cc(C(F)(F)F)c2)no1. The summed E-state index contributed by atoms with van der Waals surface area (Å²) in [4.78, 5) is 11.8. The van der Waals surface area contributed by atoms with Crippen molar-refractivity contribution in [2.24, 2.45) is 5.73 Å². The smallest absolute Gasteiger partial charge is 0.361 e. The highest BCUT2D eigenvalue weighted by molar-refractivity contribution is 5.92. The van der Waals surface area contributed by atoms with Crippen LogP contribution < -0.4 is 11.1 Å². The van der Waals surface area contributed by atoms with E-state index in [1.165, 1.54) is 6.07 Å². The van der Waals surface area contributed by atoms with Gasteiger partial charge in [-0.15, -0.1) is 0 Å². The van der Waals surface area contributed by atoms with Crippen LogP contribution in [0.15, 0.2) is 28.8 Å². The zero-order chi connectivity index (χ0) is 16.3. The van der Waals surface area contributed by atoms with E-state index in [0.717, 1.165) is 12.1 Å². The van der Waals surface area contributed by atoms with Crippen molar-refractivity contribution in [1.82, 2.24) is 5.16 Å². The Hall–Kier alpha value is -2.35. The number of aromatic nitrogens is 1. The molecule has 0 aliphatic carbocycles. The lowest BCUT2D eigenvalue weighted by Gasteiger charge is -2.12. The number of benzene rings is 1. The molecule has 118 valence electrons. The number of nitrogens with zero attached hydrogens (tertiary/aromatic N) is 1. The number of hydrogen-bond donors (Lipinski definition) is 2. The van der Waals surface area contributed by atoms with Crippen LogP contribution in [0.3, 0.4) is 0 Å². The van der Waals surface area contributed by atoms with Crippen LogP contribution in [0.2, 0.25) is 0 Å². The number of halogens is 3. The fourth-order valence-electron chi connectivity index (χ4n) is 1.92. The summed E-state index contributed by atoms with van der Waals surface area (Å²) in [6, 6.07) is 4.81. The van der Waals surface area contributed by atoms with Gasteiger partial charge in [-0.3, -0.25) is 4.79 Å². The van der Waals surface area contributed by atoms with Crippen molar-refractivity contribution in [3.05, 3.63) is 46.8 Å². The summed E-state index contributed by atoms with van der Waals surface area (Å²) in [5.74, 6) is 0.0582. The first-order chi connectivity index (χ1) is 10.3. The van der Waals surface area contributed by atoms with Crippen LogP contribution in [0, 0.1) is 6.92 Å². The van der Waals surface area contributed by atoms with Crippen LogP contribution in [0.25, 0.3) is 0 Å². The third-order valence-electron chi connectivity index (χ3n) is 2.86. The van der Waals surface area contributed by atoms with Crippen molar-refractivity contribution in [2.45, 2.75) is 26.1 Å². The molecule has 0 aliphatic rings. The molecule has 0 radical (unpaired) electrons. The van der Waals surface area contributed by atoms with E-state index in [2.05, 4.69) is 10.5 Å². The molecule has 0 atom stereocenters. The summed E-state index contributed by atoms with van der Waals surface area (Å²) in [7, 11) is 0. The molecule has 0 aliphatic heterocycles. The first-order valence-corrected chi connectivity index (χ1v) is 6.41. The monoisotopic (exact) mass is 313 g/mol. The Morgan fingerprint density at radius 3 is 2.59 bits per heavy atom. The van der Waals surface area contributed by atoms with Gasteiger partial charge in [-0.2, -0.15) is 13.2 Å². The molecular weight excluding hydrogens is 299 g/mol. The standard InChI is InChI=1S/C14H14F3N3O2/c1-8-2-12(20-22-8)6-13(21)19-11-4-9(7-18)3-10(5-11)14(15,16)17/h2-5H,6-7,18H2,1H3,(H,19,21). The Morgan fingerprint density at radius 1 is 1.32 bits per heavy atom. The van der Waals surface area contributed by atoms with Gasteiger partial charge in [0.1, 0.15) is 5.76 Å². The van der Waals surface area contributed by atoms with Crippen molar-refractivity contribution in [1.29, 1.82) is 0 Å². The van der Waals surface area contributed by atoms with Crippen LogP contribution in [0.1, 0.15) is 22.6 Å². The number of amides is 1. The van der Waals surface area contributed by atoms with Gasteiger partial charge in [0.15, 0.2) is 0 Å². The Morgan fingerprint density at radius 2 is 2.05 bits per heavy atom. The lowest BCUT2D eigenvalue weighted by molar-refractivity contribution is -0.137. The van der Waals surface area contributed by atoms with Gasteiger partial charge in [-0.05, 0) is 30.7 Å². The molecule has 0 fully saturated rings. The van der Waals surface area contributed by atoms with Gasteiger partial charge in [0.05, 0.1) is 17.7 Å². The summed E-state index contributed by atoms with van der Waals surface area (Å²) < 4.78 is 43.2. The van der Waals surface area contributed by atoms with Crippen molar-refractivity contribution < 1.29 is 22.5 Å². The van der Waals surface area contributed by atoms with Crippen molar-refractivity contribution in [3.8, 4) is 0 Å².